The van der Waals surface area contributed by atoms with Crippen LogP contribution in [0, 0.1) is 0 Å². The molecule has 0 radical (unpaired) electrons. The van der Waals surface area contributed by atoms with Gasteiger partial charge in [0.05, 0.1) is 11.9 Å². The zero-order valence-electron chi connectivity index (χ0n) is 11.9. The van der Waals surface area contributed by atoms with E-state index >= 15 is 0 Å². The average Bonchev–Trinajstić information content (AvgIpc) is 3.04. The second-order valence-corrected chi connectivity index (χ2v) is 6.70. The molecule has 2 heterocycles. The fourth-order valence-corrected chi connectivity index (χ4v) is 3.68. The minimum atomic E-state index is -0.203. The number of ether oxygens (including phenoxy) is 1. The van der Waals surface area contributed by atoms with Crippen molar-refractivity contribution >= 4 is 22.9 Å². The van der Waals surface area contributed by atoms with E-state index in [1.807, 2.05) is 0 Å². The second kappa shape index (κ2) is 6.52. The zero-order chi connectivity index (χ0) is 14.7. The van der Waals surface area contributed by atoms with Gasteiger partial charge in [0.2, 0.25) is 5.91 Å². The van der Waals surface area contributed by atoms with E-state index in [0.717, 1.165) is 62.6 Å². The highest BCUT2D eigenvalue weighted by Crippen LogP contribution is 2.27. The molecule has 5 heteroatoms. The molecule has 1 aromatic rings. The molecule has 1 saturated heterocycles. The maximum absolute atomic E-state index is 11.4. The van der Waals surface area contributed by atoms with Gasteiger partial charge < -0.3 is 4.74 Å². The topological polar surface area (TPSA) is 55.4 Å². The van der Waals surface area contributed by atoms with Crippen molar-refractivity contribution in [3.8, 4) is 5.75 Å². The van der Waals surface area contributed by atoms with E-state index in [9.17, 15) is 9.59 Å². The summed E-state index contributed by atoms with van der Waals surface area (Å²) in [7, 11) is 0. The van der Waals surface area contributed by atoms with Gasteiger partial charge in [0.1, 0.15) is 5.75 Å². The van der Waals surface area contributed by atoms with Crippen molar-refractivity contribution in [3.63, 3.8) is 0 Å². The van der Waals surface area contributed by atoms with Crippen molar-refractivity contribution in [2.45, 2.75) is 43.8 Å². The Morgan fingerprint density at radius 2 is 2.14 bits per heavy atom. The lowest BCUT2D eigenvalue weighted by molar-refractivity contribution is -0.119. The third-order valence-electron chi connectivity index (χ3n) is 3.95. The van der Waals surface area contributed by atoms with Crippen molar-refractivity contribution in [3.05, 3.63) is 29.3 Å². The quantitative estimate of drug-likeness (QED) is 0.821. The maximum atomic E-state index is 11.4. The molecule has 21 heavy (non-hydrogen) atoms. The Hall–Kier alpha value is -1.49. The Balaban J connectivity index is 1.37. The highest BCUT2D eigenvalue weighted by molar-refractivity contribution is 8.15. The summed E-state index contributed by atoms with van der Waals surface area (Å²) in [4.78, 5) is 22.5. The van der Waals surface area contributed by atoms with Crippen LogP contribution in [0.1, 0.15) is 36.8 Å². The molecule has 2 amide bonds. The highest BCUT2D eigenvalue weighted by atomic mass is 32.2. The van der Waals surface area contributed by atoms with Crippen molar-refractivity contribution in [1.29, 1.82) is 0 Å². The number of unbranched alkanes of at least 4 members (excludes halogenated alkanes) is 2. The minimum absolute atomic E-state index is 0.122. The number of aryl methyl sites for hydroxylation is 1. The number of hydrogen-bond donors (Lipinski definition) is 1. The molecule has 1 aromatic carbocycles. The number of amides is 2. The molecule has 3 rings (SSSR count). The fourth-order valence-electron chi connectivity index (χ4n) is 2.81. The number of fused-ring (bicyclic) bond motifs is 1. The monoisotopic (exact) mass is 305 g/mol. The molecule has 0 saturated carbocycles. The molecule has 1 fully saturated rings. The van der Waals surface area contributed by atoms with Gasteiger partial charge >= 0.3 is 0 Å². The van der Waals surface area contributed by atoms with Crippen LogP contribution in [0.3, 0.4) is 0 Å². The van der Waals surface area contributed by atoms with Crippen LogP contribution in [-0.2, 0) is 17.6 Å². The van der Waals surface area contributed by atoms with E-state index in [2.05, 4.69) is 23.5 Å². The molecule has 112 valence electrons. The molecule has 0 aromatic heterocycles. The predicted molar refractivity (Wildman–Crippen MR) is 82.7 cm³/mol. The van der Waals surface area contributed by atoms with Gasteiger partial charge in [-0.2, -0.15) is 0 Å². The van der Waals surface area contributed by atoms with Crippen LogP contribution in [0.25, 0.3) is 0 Å². The predicted octanol–water partition coefficient (Wildman–Crippen LogP) is 3.08. The number of nitrogens with one attached hydrogen (secondary N) is 1. The molecule has 2 aliphatic rings. The zero-order valence-corrected chi connectivity index (χ0v) is 12.7. The second-order valence-electron chi connectivity index (χ2n) is 5.52. The van der Waals surface area contributed by atoms with Gasteiger partial charge in [-0.1, -0.05) is 36.7 Å². The van der Waals surface area contributed by atoms with Crippen molar-refractivity contribution in [1.82, 2.24) is 5.32 Å². The summed E-state index contributed by atoms with van der Waals surface area (Å²) in [5.74, 6) is 0.913. The number of thioether (sulfide) groups is 1. The molecule has 1 N–H and O–H groups in total. The van der Waals surface area contributed by atoms with Crippen molar-refractivity contribution < 1.29 is 14.3 Å². The molecule has 1 unspecified atom stereocenters. The number of carbonyl (C=O) groups excluding carboxylic acids is 2. The highest BCUT2D eigenvalue weighted by Gasteiger charge is 2.30. The lowest BCUT2D eigenvalue weighted by atomic mass is 10.0. The van der Waals surface area contributed by atoms with Gasteiger partial charge in [-0.3, -0.25) is 14.9 Å². The molecule has 0 aliphatic carbocycles. The summed E-state index contributed by atoms with van der Waals surface area (Å²) < 4.78 is 5.50. The lowest BCUT2D eigenvalue weighted by Gasteiger charge is -2.06. The SMILES string of the molecule is O=C1NC(=O)C(CCCCCc2ccc3c(c2)CCO3)S1. The van der Waals surface area contributed by atoms with E-state index in [4.69, 9.17) is 4.74 Å². The van der Waals surface area contributed by atoms with E-state index < -0.39 is 0 Å². The largest absolute Gasteiger partial charge is 0.493 e. The van der Waals surface area contributed by atoms with Gasteiger partial charge in [0.15, 0.2) is 0 Å². The van der Waals surface area contributed by atoms with Gasteiger partial charge in [-0.25, -0.2) is 0 Å². The molecule has 0 bridgehead atoms. The Bertz CT molecular complexity index is 558. The third-order valence-corrected chi connectivity index (χ3v) is 5.00. The van der Waals surface area contributed by atoms with Crippen LogP contribution in [0.5, 0.6) is 5.75 Å². The smallest absolute Gasteiger partial charge is 0.286 e. The summed E-state index contributed by atoms with van der Waals surface area (Å²) in [5.41, 5.74) is 2.69. The van der Waals surface area contributed by atoms with Crippen LogP contribution < -0.4 is 10.1 Å². The third kappa shape index (κ3) is 3.59. The minimum Gasteiger partial charge on any atom is -0.493 e. The molecule has 0 spiro atoms. The van der Waals surface area contributed by atoms with Crippen LogP contribution in [-0.4, -0.2) is 23.0 Å². The number of benzene rings is 1. The van der Waals surface area contributed by atoms with Gasteiger partial charge in [0.25, 0.3) is 5.24 Å². The Kier molecular flexibility index (Phi) is 4.48. The van der Waals surface area contributed by atoms with E-state index in [1.54, 1.807) is 0 Å². The Morgan fingerprint density at radius 3 is 2.95 bits per heavy atom. The normalized spacial score (nSPS) is 20.3. The fraction of sp³-hybridized carbons (Fsp3) is 0.500. The lowest BCUT2D eigenvalue weighted by Crippen LogP contribution is -2.24. The summed E-state index contributed by atoms with van der Waals surface area (Å²) in [5, 5.41) is 1.96. The van der Waals surface area contributed by atoms with Crippen LogP contribution in [0.4, 0.5) is 4.79 Å². The number of hydrogen-bond acceptors (Lipinski definition) is 4. The summed E-state index contributed by atoms with van der Waals surface area (Å²) in [6.45, 7) is 0.804. The Morgan fingerprint density at radius 1 is 1.24 bits per heavy atom. The van der Waals surface area contributed by atoms with Crippen molar-refractivity contribution in [2.75, 3.05) is 6.61 Å². The van der Waals surface area contributed by atoms with E-state index in [-0.39, 0.29) is 16.4 Å². The first-order valence-corrected chi connectivity index (χ1v) is 8.36. The summed E-state index contributed by atoms with van der Waals surface area (Å²) in [6, 6.07) is 6.47. The maximum Gasteiger partial charge on any atom is 0.286 e. The van der Waals surface area contributed by atoms with Gasteiger partial charge in [0, 0.05) is 6.42 Å². The summed E-state index contributed by atoms with van der Waals surface area (Å²) >= 11 is 1.13. The molecular formula is C16H19NO3S. The first-order valence-electron chi connectivity index (χ1n) is 7.48. The van der Waals surface area contributed by atoms with Crippen LogP contribution in [0.2, 0.25) is 0 Å². The molecule has 2 aliphatic heterocycles. The standard InChI is InChI=1S/C16H19NO3S/c18-15-14(21-16(19)17-15)5-3-1-2-4-11-6-7-13-12(10-11)8-9-20-13/h6-7,10,14H,1-5,8-9H2,(H,17,18,19). The Labute approximate surface area is 128 Å². The molecule has 4 nitrogen and oxygen atoms in total. The molecule has 1 atom stereocenters. The van der Waals surface area contributed by atoms with E-state index in [0.29, 0.717) is 0 Å². The van der Waals surface area contributed by atoms with Gasteiger partial charge in [-0.05, 0) is 36.5 Å². The summed E-state index contributed by atoms with van der Waals surface area (Å²) in [6.07, 6.45) is 6.08. The van der Waals surface area contributed by atoms with Crippen LogP contribution >= 0.6 is 11.8 Å². The van der Waals surface area contributed by atoms with Crippen LogP contribution in [0.15, 0.2) is 18.2 Å². The number of carbonyl (C=O) groups is 2. The first kappa shape index (κ1) is 14.4. The van der Waals surface area contributed by atoms with E-state index in [1.165, 1.54) is 11.1 Å². The first-order chi connectivity index (χ1) is 10.2. The number of rotatable bonds is 6. The van der Waals surface area contributed by atoms with Crippen molar-refractivity contribution in [2.24, 2.45) is 0 Å². The number of imide groups is 1. The molecular weight excluding hydrogens is 286 g/mol. The average molecular weight is 305 g/mol. The van der Waals surface area contributed by atoms with Gasteiger partial charge in [-0.15, -0.1) is 0 Å².